The molecule has 1 saturated heterocycles. The molecule has 144 valence electrons. The molecule has 3 rings (SSSR count). The van der Waals surface area contributed by atoms with Crippen LogP contribution in [0.2, 0.25) is 0 Å². The van der Waals surface area contributed by atoms with E-state index in [0.717, 1.165) is 18.4 Å². The first-order valence-corrected chi connectivity index (χ1v) is 10.4. The number of nitrogens with zero attached hydrogens (tertiary/aromatic N) is 1. The molecule has 2 aromatic carbocycles. The fourth-order valence-electron chi connectivity index (χ4n) is 3.20. The number of hydrogen-bond donors (Lipinski definition) is 1. The predicted octanol–water partition coefficient (Wildman–Crippen LogP) is 3.19. The molecule has 0 spiro atoms. The summed E-state index contributed by atoms with van der Waals surface area (Å²) in [4.78, 5) is 13.0. The number of carbonyl (C=O) groups excluding carboxylic acids is 1. The first-order chi connectivity index (χ1) is 12.9. The van der Waals surface area contributed by atoms with Crippen LogP contribution in [-0.4, -0.2) is 38.3 Å². The third kappa shape index (κ3) is 4.31. The van der Waals surface area contributed by atoms with E-state index in [-0.39, 0.29) is 10.8 Å². The van der Waals surface area contributed by atoms with Gasteiger partial charge in [-0.15, -0.1) is 0 Å². The van der Waals surface area contributed by atoms with E-state index in [2.05, 4.69) is 5.32 Å². The quantitative estimate of drug-likeness (QED) is 0.854. The molecule has 0 saturated carbocycles. The number of piperidine rings is 1. The summed E-state index contributed by atoms with van der Waals surface area (Å²) >= 11 is 0. The molecule has 1 heterocycles. The van der Waals surface area contributed by atoms with E-state index in [1.165, 1.54) is 4.31 Å². The number of benzene rings is 2. The van der Waals surface area contributed by atoms with E-state index in [0.29, 0.717) is 24.4 Å². The number of amides is 1. The Kier molecular flexibility index (Phi) is 5.82. The molecule has 1 aliphatic rings. The number of sulfonamides is 1. The summed E-state index contributed by atoms with van der Waals surface area (Å²) in [6, 6.07) is 13.0. The standard InChI is InChI=1S/C20H24N2O4S/c1-15-6-12-18(13-7-15)27(24,25)22-14-4-3-5-19(22)20(23)21-16-8-10-17(26-2)11-9-16/h6-13,19H,3-5,14H2,1-2H3,(H,21,23)/t19-/m0/s1. The van der Waals surface area contributed by atoms with Gasteiger partial charge in [-0.05, 0) is 56.2 Å². The number of rotatable bonds is 5. The van der Waals surface area contributed by atoms with Gasteiger partial charge in [0.05, 0.1) is 12.0 Å². The van der Waals surface area contributed by atoms with Crippen molar-refractivity contribution in [3.63, 3.8) is 0 Å². The summed E-state index contributed by atoms with van der Waals surface area (Å²) in [6.45, 7) is 2.25. The molecule has 27 heavy (non-hydrogen) atoms. The van der Waals surface area contributed by atoms with Gasteiger partial charge in [0.2, 0.25) is 15.9 Å². The number of carbonyl (C=O) groups is 1. The first-order valence-electron chi connectivity index (χ1n) is 8.95. The molecule has 0 unspecified atom stereocenters. The fourth-order valence-corrected chi connectivity index (χ4v) is 4.86. The molecule has 7 heteroatoms. The smallest absolute Gasteiger partial charge is 0.243 e. The van der Waals surface area contributed by atoms with E-state index < -0.39 is 16.1 Å². The average Bonchev–Trinajstić information content (AvgIpc) is 2.69. The van der Waals surface area contributed by atoms with Crippen LogP contribution in [0.4, 0.5) is 5.69 Å². The lowest BCUT2D eigenvalue weighted by molar-refractivity contribution is -0.120. The highest BCUT2D eigenvalue weighted by molar-refractivity contribution is 7.89. The topological polar surface area (TPSA) is 75.7 Å². The van der Waals surface area contributed by atoms with Crippen LogP contribution < -0.4 is 10.1 Å². The normalized spacial score (nSPS) is 18.1. The SMILES string of the molecule is COc1ccc(NC(=O)[C@@H]2CCCCN2S(=O)(=O)c2ccc(C)cc2)cc1. The zero-order valence-corrected chi connectivity index (χ0v) is 16.3. The summed E-state index contributed by atoms with van der Waals surface area (Å²) in [5.74, 6) is 0.379. The largest absolute Gasteiger partial charge is 0.497 e. The van der Waals surface area contributed by atoms with Crippen molar-refractivity contribution in [1.82, 2.24) is 4.31 Å². The molecule has 1 amide bonds. The Hall–Kier alpha value is -2.38. The second-order valence-electron chi connectivity index (χ2n) is 6.66. The molecule has 0 aromatic heterocycles. The Bertz CT molecular complexity index is 893. The van der Waals surface area contributed by atoms with Crippen LogP contribution in [0.5, 0.6) is 5.75 Å². The van der Waals surface area contributed by atoms with Crippen molar-refractivity contribution in [2.45, 2.75) is 37.1 Å². The maximum absolute atomic E-state index is 13.1. The van der Waals surface area contributed by atoms with Crippen LogP contribution >= 0.6 is 0 Å². The number of ether oxygens (including phenoxy) is 1. The third-order valence-electron chi connectivity index (χ3n) is 4.74. The Balaban J connectivity index is 1.81. The lowest BCUT2D eigenvalue weighted by atomic mass is 10.0. The number of hydrogen-bond acceptors (Lipinski definition) is 4. The van der Waals surface area contributed by atoms with Crippen molar-refractivity contribution in [3.8, 4) is 5.75 Å². The van der Waals surface area contributed by atoms with Crippen LogP contribution in [0, 0.1) is 6.92 Å². The zero-order valence-electron chi connectivity index (χ0n) is 15.5. The van der Waals surface area contributed by atoms with Gasteiger partial charge in [0.25, 0.3) is 0 Å². The molecule has 0 radical (unpaired) electrons. The van der Waals surface area contributed by atoms with E-state index in [4.69, 9.17) is 4.74 Å². The van der Waals surface area contributed by atoms with Gasteiger partial charge < -0.3 is 10.1 Å². The van der Waals surface area contributed by atoms with Crippen molar-refractivity contribution in [3.05, 3.63) is 54.1 Å². The molecule has 1 fully saturated rings. The van der Waals surface area contributed by atoms with Crippen molar-refractivity contribution in [2.75, 3.05) is 19.0 Å². The molecule has 0 bridgehead atoms. The highest BCUT2D eigenvalue weighted by atomic mass is 32.2. The molecule has 6 nitrogen and oxygen atoms in total. The summed E-state index contributed by atoms with van der Waals surface area (Å²) in [5, 5.41) is 2.82. The number of anilines is 1. The fraction of sp³-hybridized carbons (Fsp3) is 0.350. The zero-order chi connectivity index (χ0) is 19.4. The van der Waals surface area contributed by atoms with Gasteiger partial charge in [0, 0.05) is 12.2 Å². The summed E-state index contributed by atoms with van der Waals surface area (Å²) in [5.41, 5.74) is 1.60. The Morgan fingerprint density at radius 2 is 1.74 bits per heavy atom. The maximum atomic E-state index is 13.1. The summed E-state index contributed by atoms with van der Waals surface area (Å²) in [7, 11) is -2.15. The molecule has 0 aliphatic carbocycles. The predicted molar refractivity (Wildman–Crippen MR) is 104 cm³/mol. The Morgan fingerprint density at radius 3 is 2.37 bits per heavy atom. The van der Waals surface area contributed by atoms with Crippen LogP contribution in [0.1, 0.15) is 24.8 Å². The molecule has 1 aliphatic heterocycles. The molecular formula is C20H24N2O4S. The first kappa shape index (κ1) is 19.4. The lowest BCUT2D eigenvalue weighted by Gasteiger charge is -2.33. The second-order valence-corrected chi connectivity index (χ2v) is 8.55. The second kappa shape index (κ2) is 8.10. The van der Waals surface area contributed by atoms with Crippen LogP contribution in [0.15, 0.2) is 53.4 Å². The van der Waals surface area contributed by atoms with Crippen LogP contribution in [0.25, 0.3) is 0 Å². The van der Waals surface area contributed by atoms with Gasteiger partial charge in [-0.2, -0.15) is 4.31 Å². The van der Waals surface area contributed by atoms with Crippen molar-refractivity contribution >= 4 is 21.6 Å². The minimum atomic E-state index is -3.72. The van der Waals surface area contributed by atoms with Crippen LogP contribution in [-0.2, 0) is 14.8 Å². The van der Waals surface area contributed by atoms with E-state index in [1.54, 1.807) is 55.6 Å². The molecule has 1 atom stereocenters. The van der Waals surface area contributed by atoms with E-state index >= 15 is 0 Å². The van der Waals surface area contributed by atoms with Crippen molar-refractivity contribution in [1.29, 1.82) is 0 Å². The Labute approximate surface area is 160 Å². The molecule has 2 aromatic rings. The van der Waals surface area contributed by atoms with Gasteiger partial charge in [-0.25, -0.2) is 8.42 Å². The summed E-state index contributed by atoms with van der Waals surface area (Å²) in [6.07, 6.45) is 2.07. The van der Waals surface area contributed by atoms with Crippen molar-refractivity contribution < 1.29 is 17.9 Å². The summed E-state index contributed by atoms with van der Waals surface area (Å²) < 4.78 is 32.6. The minimum Gasteiger partial charge on any atom is -0.497 e. The van der Waals surface area contributed by atoms with Gasteiger partial charge in [-0.1, -0.05) is 24.1 Å². The van der Waals surface area contributed by atoms with Gasteiger partial charge in [0.1, 0.15) is 11.8 Å². The van der Waals surface area contributed by atoms with Gasteiger partial charge >= 0.3 is 0 Å². The highest BCUT2D eigenvalue weighted by Gasteiger charge is 2.37. The Morgan fingerprint density at radius 1 is 1.07 bits per heavy atom. The highest BCUT2D eigenvalue weighted by Crippen LogP contribution is 2.27. The molecular weight excluding hydrogens is 364 g/mol. The van der Waals surface area contributed by atoms with Crippen molar-refractivity contribution in [2.24, 2.45) is 0 Å². The number of methoxy groups -OCH3 is 1. The monoisotopic (exact) mass is 388 g/mol. The average molecular weight is 388 g/mol. The van der Waals surface area contributed by atoms with E-state index in [9.17, 15) is 13.2 Å². The van der Waals surface area contributed by atoms with E-state index in [1.807, 2.05) is 6.92 Å². The number of aryl methyl sites for hydroxylation is 1. The van der Waals surface area contributed by atoms with Gasteiger partial charge in [0.15, 0.2) is 0 Å². The maximum Gasteiger partial charge on any atom is 0.243 e. The van der Waals surface area contributed by atoms with Crippen LogP contribution in [0.3, 0.4) is 0 Å². The third-order valence-corrected chi connectivity index (χ3v) is 6.66. The molecule has 1 N–H and O–H groups in total. The minimum absolute atomic E-state index is 0.220. The van der Waals surface area contributed by atoms with Gasteiger partial charge in [-0.3, -0.25) is 4.79 Å². The number of nitrogens with one attached hydrogen (secondary N) is 1. The lowest BCUT2D eigenvalue weighted by Crippen LogP contribution is -2.49.